The largest absolute Gasteiger partial charge is 0.435 e. The minimum absolute atomic E-state index is 0.276. The lowest BCUT2D eigenvalue weighted by Crippen LogP contribution is -2.20. The average molecular weight is 264 g/mol. The van der Waals surface area contributed by atoms with Crippen molar-refractivity contribution in [3.05, 3.63) is 19.8 Å². The van der Waals surface area contributed by atoms with E-state index in [1.54, 1.807) is 0 Å². The van der Waals surface area contributed by atoms with Gasteiger partial charge in [0.05, 0.1) is 5.56 Å². The summed E-state index contributed by atoms with van der Waals surface area (Å²) in [6.07, 6.45) is -1.40. The molecule has 2 heterocycles. The van der Waals surface area contributed by atoms with Crippen molar-refractivity contribution in [1.29, 1.82) is 0 Å². The molecular formula is C8H3Cl2NO3S. The number of halogens is 2. The summed E-state index contributed by atoms with van der Waals surface area (Å²) >= 11 is 13.0. The monoisotopic (exact) mass is 263 g/mol. The highest BCUT2D eigenvalue weighted by atomic mass is 35.5. The topological polar surface area (TPSA) is 55.4 Å². The van der Waals surface area contributed by atoms with Gasteiger partial charge in [-0.3, -0.25) is 4.79 Å². The molecule has 1 aromatic heterocycles. The van der Waals surface area contributed by atoms with Crippen LogP contribution in [0.3, 0.4) is 0 Å². The lowest BCUT2D eigenvalue weighted by Gasteiger charge is -2.04. The Kier molecular flexibility index (Phi) is 1.81. The third-order valence-electron chi connectivity index (χ3n) is 2.48. The zero-order chi connectivity index (χ0) is 10.7. The number of ether oxygens (including phenoxy) is 1. The van der Waals surface area contributed by atoms with Crippen molar-refractivity contribution >= 4 is 46.4 Å². The van der Waals surface area contributed by atoms with Crippen LogP contribution >= 0.6 is 34.5 Å². The van der Waals surface area contributed by atoms with Crippen LogP contribution in [0.5, 0.6) is 0 Å². The van der Waals surface area contributed by atoms with E-state index in [-0.39, 0.29) is 5.78 Å². The fourth-order valence-electron chi connectivity index (χ4n) is 1.89. The van der Waals surface area contributed by atoms with Gasteiger partial charge in [-0.15, -0.1) is 11.3 Å². The Morgan fingerprint density at radius 2 is 2.00 bits per heavy atom. The molecule has 0 aromatic carbocycles. The van der Waals surface area contributed by atoms with Gasteiger partial charge in [-0.05, 0) is 0 Å². The van der Waals surface area contributed by atoms with E-state index in [0.29, 0.717) is 19.8 Å². The van der Waals surface area contributed by atoms with Gasteiger partial charge in [-0.1, -0.05) is 23.2 Å². The first-order valence-corrected chi connectivity index (χ1v) is 5.66. The number of alkyl carbamates (subject to hydrolysis) is 1. The van der Waals surface area contributed by atoms with Gasteiger partial charge in [0, 0.05) is 5.56 Å². The van der Waals surface area contributed by atoms with Gasteiger partial charge in [0.25, 0.3) is 0 Å². The quantitative estimate of drug-likeness (QED) is 0.782. The number of thiophene rings is 1. The Labute approximate surface area is 98.1 Å². The van der Waals surface area contributed by atoms with Crippen LogP contribution in [0.2, 0.25) is 8.67 Å². The third kappa shape index (κ3) is 1.08. The van der Waals surface area contributed by atoms with Crippen LogP contribution in [-0.2, 0) is 4.74 Å². The number of rotatable bonds is 0. The molecule has 1 aromatic rings. The van der Waals surface area contributed by atoms with Crippen LogP contribution in [0.1, 0.15) is 22.0 Å². The standard InChI is InChI=1S/C8H3Cl2NO3S/c9-6-1-2(7(10)15-6)4(12)5-3(1)11-8(13)14-5/h3,5H,(H,11,13)/t3-,5-/m0/s1. The second-order valence-corrected chi connectivity index (χ2v) is 5.48. The number of hydrogen-bond acceptors (Lipinski definition) is 4. The summed E-state index contributed by atoms with van der Waals surface area (Å²) in [6.45, 7) is 0. The summed E-state index contributed by atoms with van der Waals surface area (Å²) in [5.74, 6) is -0.276. The number of Topliss-reactive ketones (excluding diaryl/α,β-unsaturated/α-hetero) is 1. The van der Waals surface area contributed by atoms with Gasteiger partial charge >= 0.3 is 6.09 Å². The third-order valence-corrected chi connectivity index (χ3v) is 4.12. The molecule has 0 saturated carbocycles. The van der Waals surface area contributed by atoms with Gasteiger partial charge in [0.1, 0.15) is 14.7 Å². The Hall–Kier alpha value is -0.780. The van der Waals surface area contributed by atoms with E-state index in [9.17, 15) is 9.59 Å². The van der Waals surface area contributed by atoms with Crippen molar-refractivity contribution in [2.75, 3.05) is 0 Å². The van der Waals surface area contributed by atoms with Crippen LogP contribution in [0.25, 0.3) is 0 Å². The summed E-state index contributed by atoms with van der Waals surface area (Å²) in [5.41, 5.74) is 0.981. The maximum absolute atomic E-state index is 11.8. The van der Waals surface area contributed by atoms with Crippen molar-refractivity contribution in [3.8, 4) is 0 Å². The second kappa shape index (κ2) is 2.87. The van der Waals surface area contributed by atoms with E-state index in [1.807, 2.05) is 0 Å². The molecule has 4 nitrogen and oxygen atoms in total. The van der Waals surface area contributed by atoms with Gasteiger partial charge < -0.3 is 10.1 Å². The molecule has 1 aliphatic carbocycles. The first kappa shape index (κ1) is 9.45. The first-order valence-electron chi connectivity index (χ1n) is 4.08. The second-order valence-electron chi connectivity index (χ2n) is 3.25. The van der Waals surface area contributed by atoms with E-state index in [1.165, 1.54) is 0 Å². The van der Waals surface area contributed by atoms with E-state index >= 15 is 0 Å². The molecule has 1 N–H and O–H groups in total. The van der Waals surface area contributed by atoms with Crippen molar-refractivity contribution in [1.82, 2.24) is 5.32 Å². The number of carbonyl (C=O) groups is 2. The number of fused-ring (bicyclic) bond motifs is 3. The van der Waals surface area contributed by atoms with Gasteiger partial charge in [0.2, 0.25) is 5.78 Å². The maximum Gasteiger partial charge on any atom is 0.408 e. The summed E-state index contributed by atoms with van der Waals surface area (Å²) < 4.78 is 5.62. The van der Waals surface area contributed by atoms with Crippen LogP contribution in [0, 0.1) is 0 Å². The SMILES string of the molecule is O=C1N[C@H]2c3c(Cl)sc(Cl)c3C(=O)[C@H]2O1. The number of carbonyl (C=O) groups excluding carboxylic acids is 2. The molecule has 1 fully saturated rings. The molecule has 2 aliphatic rings. The van der Waals surface area contributed by atoms with Gasteiger partial charge in [-0.2, -0.15) is 0 Å². The van der Waals surface area contributed by atoms with Crippen LogP contribution in [-0.4, -0.2) is 18.0 Å². The molecule has 15 heavy (non-hydrogen) atoms. The predicted octanol–water partition coefficient (Wildman–Crippen LogP) is 2.40. The zero-order valence-corrected chi connectivity index (χ0v) is 9.37. The highest BCUT2D eigenvalue weighted by Gasteiger charge is 2.51. The molecule has 0 unspecified atom stereocenters. The number of amides is 1. The first-order chi connectivity index (χ1) is 7.09. The minimum atomic E-state index is -0.800. The van der Waals surface area contributed by atoms with Crippen molar-refractivity contribution in [2.24, 2.45) is 0 Å². The molecular weight excluding hydrogens is 261 g/mol. The Balaban J connectivity index is 2.21. The number of nitrogens with one attached hydrogen (secondary N) is 1. The van der Waals surface area contributed by atoms with E-state index in [4.69, 9.17) is 27.9 Å². The van der Waals surface area contributed by atoms with Crippen molar-refractivity contribution < 1.29 is 14.3 Å². The molecule has 3 rings (SSSR count). The number of hydrogen-bond donors (Lipinski definition) is 1. The summed E-state index contributed by atoms with van der Waals surface area (Å²) in [5, 5.41) is 2.54. The summed E-state index contributed by atoms with van der Waals surface area (Å²) in [4.78, 5) is 22.8. The molecule has 2 atom stereocenters. The fourth-order valence-corrected chi connectivity index (χ4v) is 3.68. The van der Waals surface area contributed by atoms with Gasteiger partial charge in [0.15, 0.2) is 6.10 Å². The van der Waals surface area contributed by atoms with E-state index in [2.05, 4.69) is 5.32 Å². The molecule has 1 amide bonds. The smallest absolute Gasteiger partial charge is 0.408 e. The van der Waals surface area contributed by atoms with Crippen LogP contribution in [0.15, 0.2) is 0 Å². The van der Waals surface area contributed by atoms with Crippen LogP contribution < -0.4 is 5.32 Å². The molecule has 1 aliphatic heterocycles. The van der Waals surface area contributed by atoms with Crippen molar-refractivity contribution in [3.63, 3.8) is 0 Å². The predicted molar refractivity (Wildman–Crippen MR) is 54.8 cm³/mol. The van der Waals surface area contributed by atoms with Gasteiger partial charge in [-0.25, -0.2) is 4.79 Å². The molecule has 78 valence electrons. The normalized spacial score (nSPS) is 27.3. The zero-order valence-electron chi connectivity index (χ0n) is 7.04. The molecule has 7 heteroatoms. The Bertz CT molecular complexity index is 498. The average Bonchev–Trinajstić information content (AvgIpc) is 2.71. The molecule has 1 saturated heterocycles. The lowest BCUT2D eigenvalue weighted by atomic mass is 10.2. The lowest BCUT2D eigenvalue weighted by molar-refractivity contribution is 0.0753. The molecule has 0 bridgehead atoms. The van der Waals surface area contributed by atoms with Crippen molar-refractivity contribution in [2.45, 2.75) is 12.1 Å². The highest BCUT2D eigenvalue weighted by Crippen LogP contribution is 2.48. The fraction of sp³-hybridized carbons (Fsp3) is 0.250. The Morgan fingerprint density at radius 1 is 1.27 bits per heavy atom. The van der Waals surface area contributed by atoms with E-state index < -0.39 is 18.2 Å². The van der Waals surface area contributed by atoms with E-state index in [0.717, 1.165) is 11.3 Å². The maximum atomic E-state index is 11.8. The Morgan fingerprint density at radius 3 is 2.73 bits per heavy atom. The van der Waals surface area contributed by atoms with Crippen LogP contribution in [0.4, 0.5) is 4.79 Å². The molecule has 0 spiro atoms. The molecule has 0 radical (unpaired) electrons. The number of ketones is 1. The minimum Gasteiger partial charge on any atom is -0.435 e. The summed E-state index contributed by atoms with van der Waals surface area (Å²) in [6, 6.07) is -0.476. The highest BCUT2D eigenvalue weighted by molar-refractivity contribution is 7.20. The summed E-state index contributed by atoms with van der Waals surface area (Å²) in [7, 11) is 0.